The van der Waals surface area contributed by atoms with Gasteiger partial charge in [0.15, 0.2) is 11.6 Å². The number of aryl methyl sites for hydroxylation is 1. The second kappa shape index (κ2) is 8.23. The number of carbonyl (C=O) groups excluding carboxylic acids is 1. The third-order valence-corrected chi connectivity index (χ3v) is 5.80. The van der Waals surface area contributed by atoms with Crippen LogP contribution in [0.3, 0.4) is 0 Å². The minimum Gasteiger partial charge on any atom is -0.381 e. The number of aromatic nitrogens is 2. The number of hydrogen-bond donors (Lipinski definition) is 2. The SMILES string of the molecule is Cc1ccc(NC2CCCN(C3CCCN(c4ncnc(N)c4F)C3)C2=O)cc1. The highest BCUT2D eigenvalue weighted by atomic mass is 19.1. The Bertz CT molecular complexity index is 874. The summed E-state index contributed by atoms with van der Waals surface area (Å²) in [6.45, 7) is 4.02. The van der Waals surface area contributed by atoms with Crippen molar-refractivity contribution < 1.29 is 9.18 Å². The number of rotatable bonds is 4. The van der Waals surface area contributed by atoms with Gasteiger partial charge >= 0.3 is 0 Å². The molecule has 2 fully saturated rings. The van der Waals surface area contributed by atoms with Gasteiger partial charge in [0, 0.05) is 31.4 Å². The number of nitrogens with two attached hydrogens (primary N) is 1. The lowest BCUT2D eigenvalue weighted by molar-refractivity contribution is -0.137. The summed E-state index contributed by atoms with van der Waals surface area (Å²) < 4.78 is 14.4. The molecule has 2 atom stereocenters. The molecule has 1 amide bonds. The van der Waals surface area contributed by atoms with Gasteiger partial charge in [-0.1, -0.05) is 17.7 Å². The summed E-state index contributed by atoms with van der Waals surface area (Å²) >= 11 is 0. The van der Waals surface area contributed by atoms with Crippen LogP contribution in [0, 0.1) is 12.7 Å². The van der Waals surface area contributed by atoms with Crippen LogP contribution in [0.2, 0.25) is 0 Å². The Morgan fingerprint density at radius 3 is 2.69 bits per heavy atom. The highest BCUT2D eigenvalue weighted by molar-refractivity contribution is 5.85. The molecule has 0 radical (unpaired) electrons. The van der Waals surface area contributed by atoms with Crippen LogP contribution >= 0.6 is 0 Å². The molecule has 8 heteroatoms. The van der Waals surface area contributed by atoms with E-state index in [1.54, 1.807) is 0 Å². The highest BCUT2D eigenvalue weighted by Gasteiger charge is 2.36. The Kier molecular flexibility index (Phi) is 5.51. The summed E-state index contributed by atoms with van der Waals surface area (Å²) in [5.74, 6) is -0.391. The number of nitrogen functional groups attached to an aromatic ring is 1. The third-order valence-electron chi connectivity index (χ3n) is 5.80. The minimum atomic E-state index is -0.586. The van der Waals surface area contributed by atoms with Crippen molar-refractivity contribution in [1.29, 1.82) is 0 Å². The van der Waals surface area contributed by atoms with Crippen molar-refractivity contribution in [2.24, 2.45) is 0 Å². The number of halogens is 1. The summed E-state index contributed by atoms with van der Waals surface area (Å²) in [4.78, 5) is 24.8. The molecule has 29 heavy (non-hydrogen) atoms. The first-order chi connectivity index (χ1) is 14.0. The quantitative estimate of drug-likeness (QED) is 0.823. The standard InChI is InChI=1S/C21H27FN6O/c1-14-6-8-15(9-7-14)26-17-5-3-11-28(21(17)29)16-4-2-10-27(12-16)20-18(22)19(23)24-13-25-20/h6-9,13,16-17,26H,2-5,10-12H2,1H3,(H2,23,24,25). The maximum atomic E-state index is 14.4. The van der Waals surface area contributed by atoms with Crippen LogP contribution in [0.4, 0.5) is 21.7 Å². The fourth-order valence-corrected chi connectivity index (χ4v) is 4.24. The molecule has 154 valence electrons. The van der Waals surface area contributed by atoms with Gasteiger partial charge in [0.25, 0.3) is 0 Å². The van der Waals surface area contributed by atoms with Gasteiger partial charge in [-0.05, 0) is 44.7 Å². The maximum Gasteiger partial charge on any atom is 0.245 e. The normalized spacial score (nSPS) is 22.6. The van der Waals surface area contributed by atoms with Crippen molar-refractivity contribution in [3.8, 4) is 0 Å². The lowest BCUT2D eigenvalue weighted by Gasteiger charge is -2.43. The Balaban J connectivity index is 1.46. The second-order valence-corrected chi connectivity index (χ2v) is 7.88. The topological polar surface area (TPSA) is 87.4 Å². The van der Waals surface area contributed by atoms with E-state index in [2.05, 4.69) is 15.3 Å². The second-order valence-electron chi connectivity index (χ2n) is 7.88. The van der Waals surface area contributed by atoms with E-state index in [0.29, 0.717) is 13.1 Å². The summed E-state index contributed by atoms with van der Waals surface area (Å²) in [5.41, 5.74) is 7.75. The summed E-state index contributed by atoms with van der Waals surface area (Å²) in [6.07, 6.45) is 4.82. The zero-order valence-corrected chi connectivity index (χ0v) is 16.6. The average Bonchev–Trinajstić information content (AvgIpc) is 2.73. The van der Waals surface area contributed by atoms with Crippen molar-refractivity contribution in [3.63, 3.8) is 0 Å². The highest BCUT2D eigenvalue weighted by Crippen LogP contribution is 2.27. The molecule has 1 aromatic carbocycles. The van der Waals surface area contributed by atoms with Gasteiger partial charge in [0.2, 0.25) is 11.7 Å². The predicted octanol–water partition coefficient (Wildman–Crippen LogP) is 2.58. The van der Waals surface area contributed by atoms with Crippen molar-refractivity contribution in [3.05, 3.63) is 42.0 Å². The molecule has 2 aliphatic heterocycles. The van der Waals surface area contributed by atoms with E-state index in [1.165, 1.54) is 11.9 Å². The first kappa shape index (κ1) is 19.4. The van der Waals surface area contributed by atoms with E-state index < -0.39 is 5.82 Å². The molecule has 0 saturated carbocycles. The van der Waals surface area contributed by atoms with Crippen molar-refractivity contribution >= 4 is 23.2 Å². The molecule has 2 saturated heterocycles. The lowest BCUT2D eigenvalue weighted by atomic mass is 9.97. The molecule has 1 aromatic heterocycles. The number of nitrogens with one attached hydrogen (secondary N) is 1. The smallest absolute Gasteiger partial charge is 0.245 e. The van der Waals surface area contributed by atoms with Gasteiger partial charge in [-0.15, -0.1) is 0 Å². The van der Waals surface area contributed by atoms with Gasteiger partial charge in [-0.25, -0.2) is 9.97 Å². The van der Waals surface area contributed by atoms with Gasteiger partial charge < -0.3 is 20.9 Å². The molecule has 2 aliphatic rings. The maximum absolute atomic E-state index is 14.4. The summed E-state index contributed by atoms with van der Waals surface area (Å²) in [7, 11) is 0. The van der Waals surface area contributed by atoms with Gasteiger partial charge in [0.05, 0.1) is 0 Å². The Morgan fingerprint density at radius 2 is 1.90 bits per heavy atom. The molecule has 2 unspecified atom stereocenters. The van der Waals surface area contributed by atoms with Crippen LogP contribution in [0.25, 0.3) is 0 Å². The Labute approximate surface area is 170 Å². The van der Waals surface area contributed by atoms with Crippen LogP contribution in [0.1, 0.15) is 31.2 Å². The van der Waals surface area contributed by atoms with Gasteiger partial charge in [-0.2, -0.15) is 4.39 Å². The molecule has 0 spiro atoms. The number of nitrogens with zero attached hydrogens (tertiary/aromatic N) is 4. The molecular weight excluding hydrogens is 371 g/mol. The van der Waals surface area contributed by atoms with E-state index in [1.807, 2.05) is 41.0 Å². The molecule has 4 rings (SSSR count). The van der Waals surface area contributed by atoms with Crippen molar-refractivity contribution in [2.45, 2.75) is 44.7 Å². The molecule has 7 nitrogen and oxygen atoms in total. The van der Waals surface area contributed by atoms with Crippen LogP contribution in [0.15, 0.2) is 30.6 Å². The van der Waals surface area contributed by atoms with Gasteiger partial charge in [0.1, 0.15) is 12.4 Å². The molecule has 0 aliphatic carbocycles. The zero-order chi connectivity index (χ0) is 20.4. The van der Waals surface area contributed by atoms with Crippen molar-refractivity contribution in [2.75, 3.05) is 35.6 Å². The summed E-state index contributed by atoms with van der Waals surface area (Å²) in [5, 5.41) is 3.38. The predicted molar refractivity (Wildman–Crippen MR) is 111 cm³/mol. The molecular formula is C21H27FN6O. The third kappa shape index (κ3) is 4.11. The molecule has 3 N–H and O–H groups in total. The molecule has 2 aromatic rings. The summed E-state index contributed by atoms with van der Waals surface area (Å²) in [6, 6.07) is 7.89. The fourth-order valence-electron chi connectivity index (χ4n) is 4.24. The average molecular weight is 398 g/mol. The van der Waals surface area contributed by atoms with Crippen LogP contribution in [-0.2, 0) is 4.79 Å². The number of carbonyl (C=O) groups is 1. The number of hydrogen-bond acceptors (Lipinski definition) is 6. The van der Waals surface area contributed by atoms with Crippen LogP contribution < -0.4 is 16.0 Å². The Morgan fingerprint density at radius 1 is 1.14 bits per heavy atom. The van der Waals surface area contributed by atoms with E-state index in [0.717, 1.165) is 37.9 Å². The fraction of sp³-hybridized carbons (Fsp3) is 0.476. The zero-order valence-electron chi connectivity index (χ0n) is 16.6. The Hall–Kier alpha value is -2.90. The lowest BCUT2D eigenvalue weighted by Crippen LogP contribution is -2.56. The number of amides is 1. The molecule has 3 heterocycles. The largest absolute Gasteiger partial charge is 0.381 e. The van der Waals surface area contributed by atoms with E-state index >= 15 is 0 Å². The van der Waals surface area contributed by atoms with E-state index in [9.17, 15) is 9.18 Å². The monoisotopic (exact) mass is 398 g/mol. The van der Waals surface area contributed by atoms with E-state index in [-0.39, 0.29) is 29.6 Å². The first-order valence-corrected chi connectivity index (χ1v) is 10.2. The van der Waals surface area contributed by atoms with Crippen LogP contribution in [0.5, 0.6) is 0 Å². The minimum absolute atomic E-state index is 0.0365. The number of benzene rings is 1. The van der Waals surface area contributed by atoms with Crippen LogP contribution in [-0.4, -0.2) is 52.5 Å². The first-order valence-electron chi connectivity index (χ1n) is 10.2. The van der Waals surface area contributed by atoms with Gasteiger partial charge in [-0.3, -0.25) is 4.79 Å². The number of likely N-dealkylation sites (tertiary alicyclic amines) is 1. The number of anilines is 3. The number of piperidine rings is 2. The van der Waals surface area contributed by atoms with E-state index in [4.69, 9.17) is 5.73 Å². The van der Waals surface area contributed by atoms with Crippen molar-refractivity contribution in [1.82, 2.24) is 14.9 Å². The molecule has 0 bridgehead atoms.